The van der Waals surface area contributed by atoms with Crippen LogP contribution in [0.4, 0.5) is 0 Å². The molecule has 18 heavy (non-hydrogen) atoms. The number of rotatable bonds is 2. The van der Waals surface area contributed by atoms with E-state index in [1.54, 1.807) is 0 Å². The van der Waals surface area contributed by atoms with Gasteiger partial charge in [-0.05, 0) is 31.1 Å². The SMILES string of the molecule is O=C(O)C1CC1C(=O)N1CCC2(CCCCC2)C1. The molecule has 2 aliphatic carbocycles. The van der Waals surface area contributed by atoms with Gasteiger partial charge in [0.25, 0.3) is 0 Å². The van der Waals surface area contributed by atoms with Gasteiger partial charge in [0, 0.05) is 13.1 Å². The van der Waals surface area contributed by atoms with Crippen LogP contribution in [0.1, 0.15) is 44.9 Å². The lowest BCUT2D eigenvalue weighted by molar-refractivity contribution is -0.141. The van der Waals surface area contributed by atoms with Crippen LogP contribution in [0.5, 0.6) is 0 Å². The van der Waals surface area contributed by atoms with Crippen molar-refractivity contribution in [2.45, 2.75) is 44.9 Å². The van der Waals surface area contributed by atoms with Crippen molar-refractivity contribution in [2.75, 3.05) is 13.1 Å². The smallest absolute Gasteiger partial charge is 0.307 e. The maximum atomic E-state index is 12.2. The van der Waals surface area contributed by atoms with Crippen LogP contribution in [0.2, 0.25) is 0 Å². The molecule has 1 amide bonds. The fraction of sp³-hybridized carbons (Fsp3) is 0.857. The van der Waals surface area contributed by atoms with Gasteiger partial charge in [0.15, 0.2) is 0 Å². The number of carboxylic acid groups (broad SMARTS) is 1. The maximum Gasteiger partial charge on any atom is 0.307 e. The average Bonchev–Trinajstić information content (AvgIpc) is 3.07. The molecular weight excluding hydrogens is 230 g/mol. The van der Waals surface area contributed by atoms with Gasteiger partial charge in [-0.1, -0.05) is 19.3 Å². The molecule has 1 aliphatic heterocycles. The second kappa shape index (κ2) is 4.25. The van der Waals surface area contributed by atoms with Crippen LogP contribution in [-0.4, -0.2) is 35.0 Å². The molecule has 3 rings (SSSR count). The van der Waals surface area contributed by atoms with Gasteiger partial charge in [-0.15, -0.1) is 0 Å². The summed E-state index contributed by atoms with van der Waals surface area (Å²) in [6, 6.07) is 0. The molecule has 4 heteroatoms. The van der Waals surface area contributed by atoms with Crippen LogP contribution in [-0.2, 0) is 9.59 Å². The number of hydrogen-bond donors (Lipinski definition) is 1. The fourth-order valence-corrected chi connectivity index (χ4v) is 3.81. The Hall–Kier alpha value is -1.06. The largest absolute Gasteiger partial charge is 0.481 e. The van der Waals surface area contributed by atoms with E-state index in [4.69, 9.17) is 5.11 Å². The van der Waals surface area contributed by atoms with Gasteiger partial charge in [0.05, 0.1) is 11.8 Å². The molecule has 0 bridgehead atoms. The van der Waals surface area contributed by atoms with E-state index in [9.17, 15) is 9.59 Å². The number of carboxylic acids is 1. The number of carbonyl (C=O) groups excluding carboxylic acids is 1. The number of nitrogens with zero attached hydrogens (tertiary/aromatic N) is 1. The topological polar surface area (TPSA) is 57.6 Å². The highest BCUT2D eigenvalue weighted by molar-refractivity contribution is 5.89. The average molecular weight is 251 g/mol. The van der Waals surface area contributed by atoms with E-state index < -0.39 is 11.9 Å². The van der Waals surface area contributed by atoms with Gasteiger partial charge >= 0.3 is 5.97 Å². The molecule has 1 N–H and O–H groups in total. The molecule has 2 saturated carbocycles. The number of amides is 1. The summed E-state index contributed by atoms with van der Waals surface area (Å²) in [4.78, 5) is 25.0. The molecule has 0 radical (unpaired) electrons. The van der Waals surface area contributed by atoms with E-state index in [1.165, 1.54) is 32.1 Å². The Kier molecular flexibility index (Phi) is 2.83. The minimum Gasteiger partial charge on any atom is -0.481 e. The maximum absolute atomic E-state index is 12.2. The molecule has 100 valence electrons. The zero-order valence-electron chi connectivity index (χ0n) is 10.7. The van der Waals surface area contributed by atoms with Crippen LogP contribution in [0.3, 0.4) is 0 Å². The van der Waals surface area contributed by atoms with Crippen LogP contribution < -0.4 is 0 Å². The Bertz CT molecular complexity index is 373. The molecule has 2 unspecified atom stereocenters. The summed E-state index contributed by atoms with van der Waals surface area (Å²) in [6.07, 6.45) is 8.11. The summed E-state index contributed by atoms with van der Waals surface area (Å²) in [5.41, 5.74) is 0.377. The first-order valence-corrected chi connectivity index (χ1v) is 7.13. The van der Waals surface area contributed by atoms with Crippen LogP contribution >= 0.6 is 0 Å². The Morgan fingerprint density at radius 2 is 1.78 bits per heavy atom. The zero-order valence-corrected chi connectivity index (χ0v) is 10.7. The van der Waals surface area contributed by atoms with Crippen molar-refractivity contribution in [2.24, 2.45) is 17.3 Å². The highest BCUT2D eigenvalue weighted by Crippen LogP contribution is 2.46. The van der Waals surface area contributed by atoms with Gasteiger partial charge in [-0.25, -0.2) is 0 Å². The third-order valence-corrected chi connectivity index (χ3v) is 5.09. The van der Waals surface area contributed by atoms with Crippen molar-refractivity contribution >= 4 is 11.9 Å². The van der Waals surface area contributed by atoms with Crippen LogP contribution in [0.25, 0.3) is 0 Å². The summed E-state index contributed by atoms with van der Waals surface area (Å²) < 4.78 is 0. The van der Waals surface area contributed by atoms with E-state index in [0.717, 1.165) is 19.5 Å². The highest BCUT2D eigenvalue weighted by atomic mass is 16.4. The monoisotopic (exact) mass is 251 g/mol. The van der Waals surface area contributed by atoms with Gasteiger partial charge in [-0.2, -0.15) is 0 Å². The van der Waals surface area contributed by atoms with E-state index in [1.807, 2.05) is 4.90 Å². The van der Waals surface area contributed by atoms with Crippen molar-refractivity contribution in [3.8, 4) is 0 Å². The summed E-state index contributed by atoms with van der Waals surface area (Å²) in [6.45, 7) is 1.73. The van der Waals surface area contributed by atoms with E-state index >= 15 is 0 Å². The summed E-state index contributed by atoms with van der Waals surface area (Å²) in [5.74, 6) is -1.33. The van der Waals surface area contributed by atoms with Crippen LogP contribution in [0.15, 0.2) is 0 Å². The van der Waals surface area contributed by atoms with Gasteiger partial charge in [-0.3, -0.25) is 9.59 Å². The molecule has 0 aromatic rings. The van der Waals surface area contributed by atoms with Crippen molar-refractivity contribution < 1.29 is 14.7 Å². The first kappa shape index (κ1) is 12.0. The van der Waals surface area contributed by atoms with Crippen LogP contribution in [0, 0.1) is 17.3 Å². The lowest BCUT2D eigenvalue weighted by Gasteiger charge is -2.33. The standard InChI is InChI=1S/C14H21NO3/c16-12(10-8-11(10)13(17)18)15-7-6-14(9-15)4-2-1-3-5-14/h10-11H,1-9H2,(H,17,18). The van der Waals surface area contributed by atoms with Crippen molar-refractivity contribution in [1.29, 1.82) is 0 Å². The first-order valence-electron chi connectivity index (χ1n) is 7.13. The second-order valence-corrected chi connectivity index (χ2v) is 6.36. The number of carbonyl (C=O) groups is 2. The first-order chi connectivity index (χ1) is 8.61. The molecule has 3 fully saturated rings. The number of hydrogen-bond acceptors (Lipinski definition) is 2. The zero-order chi connectivity index (χ0) is 12.8. The normalized spacial score (nSPS) is 33.7. The summed E-state index contributed by atoms with van der Waals surface area (Å²) >= 11 is 0. The third kappa shape index (κ3) is 2.02. The summed E-state index contributed by atoms with van der Waals surface area (Å²) in [7, 11) is 0. The van der Waals surface area contributed by atoms with Gasteiger partial charge in [0.1, 0.15) is 0 Å². The van der Waals surface area contributed by atoms with E-state index in [2.05, 4.69) is 0 Å². The molecule has 1 spiro atoms. The quantitative estimate of drug-likeness (QED) is 0.815. The molecule has 1 heterocycles. The summed E-state index contributed by atoms with van der Waals surface area (Å²) in [5, 5.41) is 8.89. The molecule has 1 saturated heterocycles. The molecular formula is C14H21NO3. The van der Waals surface area contributed by atoms with Gasteiger partial charge in [0.2, 0.25) is 5.91 Å². The van der Waals surface area contributed by atoms with E-state index in [-0.39, 0.29) is 11.8 Å². The molecule has 3 aliphatic rings. The van der Waals surface area contributed by atoms with Crippen molar-refractivity contribution in [3.63, 3.8) is 0 Å². The molecule has 0 aromatic carbocycles. The predicted octanol–water partition coefficient (Wildman–Crippen LogP) is 1.89. The number of likely N-dealkylation sites (tertiary alicyclic amines) is 1. The third-order valence-electron chi connectivity index (χ3n) is 5.09. The Balaban J connectivity index is 1.59. The van der Waals surface area contributed by atoms with Crippen molar-refractivity contribution in [3.05, 3.63) is 0 Å². The lowest BCUT2D eigenvalue weighted by Crippen LogP contribution is -2.34. The minimum absolute atomic E-state index is 0.102. The predicted molar refractivity (Wildman–Crippen MR) is 65.9 cm³/mol. The van der Waals surface area contributed by atoms with E-state index in [0.29, 0.717) is 11.8 Å². The highest BCUT2D eigenvalue weighted by Gasteiger charge is 2.52. The van der Waals surface area contributed by atoms with Gasteiger partial charge < -0.3 is 10.0 Å². The Morgan fingerprint density at radius 3 is 2.39 bits per heavy atom. The van der Waals surface area contributed by atoms with Crippen molar-refractivity contribution in [1.82, 2.24) is 4.90 Å². The Morgan fingerprint density at radius 1 is 1.06 bits per heavy atom. The second-order valence-electron chi connectivity index (χ2n) is 6.36. The minimum atomic E-state index is -0.806. The number of aliphatic carboxylic acids is 1. The molecule has 4 nitrogen and oxygen atoms in total. The fourth-order valence-electron chi connectivity index (χ4n) is 3.81. The molecule has 0 aromatic heterocycles. The Labute approximate surface area is 107 Å². The lowest BCUT2D eigenvalue weighted by atomic mass is 9.73. The molecule has 2 atom stereocenters.